The van der Waals surface area contributed by atoms with Crippen LogP contribution in [-0.2, 0) is 16.3 Å². The summed E-state index contributed by atoms with van der Waals surface area (Å²) in [7, 11) is -4.18. The molecule has 4 nitrogen and oxygen atoms in total. The second kappa shape index (κ2) is 9.16. The first-order chi connectivity index (χ1) is 14.6. The number of hydrogen-bond donors (Lipinski definition) is 1. The summed E-state index contributed by atoms with van der Waals surface area (Å²) >= 11 is 5.86. The topological polar surface area (TPSA) is 71.4 Å². The fourth-order valence-electron chi connectivity index (χ4n) is 3.64. The molecule has 0 aromatic heterocycles. The van der Waals surface area contributed by atoms with E-state index in [1.807, 2.05) is 0 Å². The molecule has 31 heavy (non-hydrogen) atoms. The molecule has 3 aromatic rings. The van der Waals surface area contributed by atoms with Gasteiger partial charge in [0.1, 0.15) is 11.6 Å². The lowest BCUT2D eigenvalue weighted by Crippen LogP contribution is -2.24. The molecule has 0 aliphatic rings. The van der Waals surface area contributed by atoms with Gasteiger partial charge in [0.15, 0.2) is 9.84 Å². The van der Waals surface area contributed by atoms with Crippen molar-refractivity contribution in [1.82, 2.24) is 0 Å². The van der Waals surface area contributed by atoms with Gasteiger partial charge in [-0.25, -0.2) is 22.0 Å². The maximum atomic E-state index is 14.7. The van der Waals surface area contributed by atoms with Crippen molar-refractivity contribution in [3.8, 4) is 0 Å². The van der Waals surface area contributed by atoms with Gasteiger partial charge in [0.2, 0.25) is 0 Å². The Labute approximate surface area is 184 Å². The molecule has 1 N–H and O–H groups in total. The number of carbonyl (C=O) groups is 1. The maximum absolute atomic E-state index is 14.7. The molecule has 0 aliphatic heterocycles. The van der Waals surface area contributed by atoms with Gasteiger partial charge in [0.25, 0.3) is 0 Å². The number of halogens is 3. The van der Waals surface area contributed by atoms with Crippen molar-refractivity contribution < 1.29 is 27.1 Å². The van der Waals surface area contributed by atoms with Crippen LogP contribution in [0, 0.1) is 17.6 Å². The van der Waals surface area contributed by atoms with Gasteiger partial charge >= 0.3 is 5.97 Å². The smallest absolute Gasteiger partial charge is 0.335 e. The Morgan fingerprint density at radius 1 is 1.03 bits per heavy atom. The number of hydrogen-bond acceptors (Lipinski definition) is 3. The molecule has 0 radical (unpaired) electrons. The van der Waals surface area contributed by atoms with E-state index in [-0.39, 0.29) is 22.4 Å². The minimum atomic E-state index is -4.18. The molecule has 162 valence electrons. The third-order valence-electron chi connectivity index (χ3n) is 5.05. The molecule has 2 unspecified atom stereocenters. The minimum Gasteiger partial charge on any atom is -0.478 e. The molecule has 8 heteroatoms. The van der Waals surface area contributed by atoms with Crippen LogP contribution in [0.1, 0.15) is 33.7 Å². The summed E-state index contributed by atoms with van der Waals surface area (Å²) in [5.41, 5.74) is 0.113. The summed E-state index contributed by atoms with van der Waals surface area (Å²) < 4.78 is 55.7. The lowest BCUT2D eigenvalue weighted by Gasteiger charge is -2.26. The Bertz CT molecular complexity index is 1210. The molecule has 0 amide bonds. The fourth-order valence-corrected chi connectivity index (χ4v) is 5.80. The predicted octanol–water partition coefficient (Wildman–Crippen LogP) is 5.71. The number of benzene rings is 3. The predicted molar refractivity (Wildman–Crippen MR) is 114 cm³/mol. The van der Waals surface area contributed by atoms with E-state index in [2.05, 4.69) is 0 Å². The quantitative estimate of drug-likeness (QED) is 0.486. The van der Waals surface area contributed by atoms with Crippen LogP contribution >= 0.6 is 11.6 Å². The number of rotatable bonds is 7. The van der Waals surface area contributed by atoms with E-state index in [1.165, 1.54) is 30.3 Å². The van der Waals surface area contributed by atoms with Gasteiger partial charge in [-0.05, 0) is 66.4 Å². The highest BCUT2D eigenvalue weighted by molar-refractivity contribution is 7.91. The van der Waals surface area contributed by atoms with Crippen molar-refractivity contribution in [2.75, 3.05) is 0 Å². The molecule has 3 rings (SSSR count). The molecule has 0 aliphatic carbocycles. The number of carboxylic acid groups (broad SMARTS) is 1. The Balaban J connectivity index is 2.13. The van der Waals surface area contributed by atoms with Crippen LogP contribution in [-0.4, -0.2) is 19.5 Å². The first-order valence-electron chi connectivity index (χ1n) is 9.37. The number of aromatic carboxylic acids is 1. The number of carboxylic acids is 1. The van der Waals surface area contributed by atoms with Gasteiger partial charge in [0.05, 0.1) is 15.7 Å². The summed E-state index contributed by atoms with van der Waals surface area (Å²) in [6.07, 6.45) is 0.0237. The van der Waals surface area contributed by atoms with Gasteiger partial charge < -0.3 is 5.11 Å². The first-order valence-corrected chi connectivity index (χ1v) is 11.3. The van der Waals surface area contributed by atoms with E-state index >= 15 is 0 Å². The first kappa shape index (κ1) is 22.9. The largest absolute Gasteiger partial charge is 0.478 e. The molecule has 2 atom stereocenters. The van der Waals surface area contributed by atoms with Crippen LogP contribution in [0.25, 0.3) is 0 Å². The Morgan fingerprint density at radius 2 is 1.68 bits per heavy atom. The second-order valence-electron chi connectivity index (χ2n) is 7.23. The molecule has 0 heterocycles. The van der Waals surface area contributed by atoms with Gasteiger partial charge in [0, 0.05) is 10.6 Å². The average molecular weight is 465 g/mol. The number of sulfone groups is 1. The lowest BCUT2D eigenvalue weighted by molar-refractivity contribution is 0.0695. The van der Waals surface area contributed by atoms with Crippen molar-refractivity contribution >= 4 is 27.4 Å². The Morgan fingerprint density at radius 3 is 2.32 bits per heavy atom. The van der Waals surface area contributed by atoms with Crippen LogP contribution in [0.3, 0.4) is 0 Å². The highest BCUT2D eigenvalue weighted by Crippen LogP contribution is 2.39. The van der Waals surface area contributed by atoms with Crippen molar-refractivity contribution in [3.05, 3.63) is 100 Å². The van der Waals surface area contributed by atoms with Gasteiger partial charge in [-0.2, -0.15) is 0 Å². The average Bonchev–Trinajstić information content (AvgIpc) is 2.71. The van der Waals surface area contributed by atoms with Crippen LogP contribution < -0.4 is 0 Å². The highest BCUT2D eigenvalue weighted by atomic mass is 35.5. The summed E-state index contributed by atoms with van der Waals surface area (Å²) in [6, 6.07) is 14.3. The van der Waals surface area contributed by atoms with E-state index < -0.39 is 38.6 Å². The second-order valence-corrected chi connectivity index (χ2v) is 9.73. The zero-order chi connectivity index (χ0) is 22.8. The third kappa shape index (κ3) is 4.94. The molecule has 3 aromatic carbocycles. The van der Waals surface area contributed by atoms with Crippen LogP contribution in [0.15, 0.2) is 71.6 Å². The van der Waals surface area contributed by atoms with Crippen LogP contribution in [0.4, 0.5) is 8.78 Å². The molecule has 0 spiro atoms. The lowest BCUT2D eigenvalue weighted by atomic mass is 9.91. The van der Waals surface area contributed by atoms with E-state index in [0.717, 1.165) is 18.2 Å². The standard InChI is InChI=1S/C23H19ClF2O4S/c1-14(12-15-4-2-3-5-19(15)23(27)28)22(20-13-17(25)8-11-21(20)26)31(29,30)18-9-6-16(24)7-10-18/h2-11,13-14,22H,12H2,1H3,(H,27,28). The van der Waals surface area contributed by atoms with Gasteiger partial charge in [-0.1, -0.05) is 36.7 Å². The zero-order valence-electron chi connectivity index (χ0n) is 16.4. The molecular weight excluding hydrogens is 446 g/mol. The minimum absolute atomic E-state index is 0.0237. The van der Waals surface area contributed by atoms with Crippen LogP contribution in [0.2, 0.25) is 5.02 Å². The Hall–Kier alpha value is -2.77. The van der Waals surface area contributed by atoms with Crippen molar-refractivity contribution in [3.63, 3.8) is 0 Å². The van der Waals surface area contributed by atoms with Crippen molar-refractivity contribution in [1.29, 1.82) is 0 Å². The maximum Gasteiger partial charge on any atom is 0.335 e. The highest BCUT2D eigenvalue weighted by Gasteiger charge is 2.36. The summed E-state index contributed by atoms with van der Waals surface area (Å²) in [5.74, 6) is -3.57. The fraction of sp³-hybridized carbons (Fsp3) is 0.174. The molecular formula is C23H19ClF2O4S. The third-order valence-corrected chi connectivity index (χ3v) is 7.62. The Kier molecular flexibility index (Phi) is 6.77. The van der Waals surface area contributed by atoms with Crippen molar-refractivity contribution in [2.24, 2.45) is 5.92 Å². The summed E-state index contributed by atoms with van der Waals surface area (Å²) in [4.78, 5) is 11.5. The molecule has 0 fully saturated rings. The van der Waals surface area contributed by atoms with E-state index in [1.54, 1.807) is 25.1 Å². The van der Waals surface area contributed by atoms with E-state index in [9.17, 15) is 27.1 Å². The van der Waals surface area contributed by atoms with Gasteiger partial charge in [-0.3, -0.25) is 0 Å². The SMILES string of the molecule is CC(Cc1ccccc1C(=O)O)C(c1cc(F)ccc1F)S(=O)(=O)c1ccc(Cl)cc1. The normalized spacial score (nSPS) is 13.5. The van der Waals surface area contributed by atoms with Crippen LogP contribution in [0.5, 0.6) is 0 Å². The summed E-state index contributed by atoms with van der Waals surface area (Å²) in [5, 5.41) is 8.32. The zero-order valence-corrected chi connectivity index (χ0v) is 18.0. The molecule has 0 bridgehead atoms. The monoisotopic (exact) mass is 464 g/mol. The summed E-state index contributed by atoms with van der Waals surface area (Å²) in [6.45, 7) is 1.57. The van der Waals surface area contributed by atoms with E-state index in [0.29, 0.717) is 10.6 Å². The van der Waals surface area contributed by atoms with Crippen molar-refractivity contribution in [2.45, 2.75) is 23.5 Å². The van der Waals surface area contributed by atoms with E-state index in [4.69, 9.17) is 11.6 Å². The molecule has 0 saturated carbocycles. The van der Waals surface area contributed by atoms with Gasteiger partial charge in [-0.15, -0.1) is 0 Å². The molecule has 0 saturated heterocycles.